The summed E-state index contributed by atoms with van der Waals surface area (Å²) in [6, 6.07) is 15.0. The van der Waals surface area contributed by atoms with E-state index in [0.29, 0.717) is 16.7 Å². The molecule has 0 saturated heterocycles. The Morgan fingerprint density at radius 2 is 1.71 bits per heavy atom. The lowest BCUT2D eigenvalue weighted by Crippen LogP contribution is -2.40. The molecule has 0 amide bonds. The second kappa shape index (κ2) is 10.5. The van der Waals surface area contributed by atoms with E-state index in [4.69, 9.17) is 5.73 Å². The van der Waals surface area contributed by atoms with Crippen LogP contribution in [-0.2, 0) is 31.7 Å². The number of carboxylic acid groups (broad SMARTS) is 1. The van der Waals surface area contributed by atoms with Crippen LogP contribution in [0.1, 0.15) is 36.5 Å². The zero-order valence-corrected chi connectivity index (χ0v) is 19.2. The number of nitrogens with two attached hydrogens (primary N) is 1. The van der Waals surface area contributed by atoms with E-state index >= 15 is 0 Å². The molecule has 2 rings (SSSR count). The second-order valence-corrected chi connectivity index (χ2v) is 12.0. The van der Waals surface area contributed by atoms with Gasteiger partial charge in [0.25, 0.3) is 0 Å². The first kappa shape index (κ1) is 25.2. The number of benzene rings is 2. The maximum absolute atomic E-state index is 13.3. The number of rotatable bonds is 11. The topological polar surface area (TPSA) is 147 Å². The molecule has 2 aromatic rings. The van der Waals surface area contributed by atoms with Crippen LogP contribution < -0.4 is 10.5 Å². The van der Waals surface area contributed by atoms with E-state index in [1.165, 1.54) is 0 Å². The standard InChI is InChI=1S/C21H29N2O6PS/c1-15(2)20(23-31(28,29)14-16-7-4-3-5-8-16)30(26,27)13-19(21(24)25)18-10-6-9-17(11-18)12-22/h3-11,15,19-20,23H,12-14,22H2,1-2H3,(H,24,25)(H,26,27). The van der Waals surface area contributed by atoms with Crippen LogP contribution in [0.3, 0.4) is 0 Å². The van der Waals surface area contributed by atoms with E-state index in [1.807, 2.05) is 0 Å². The molecule has 0 aliphatic heterocycles. The molecule has 8 nitrogen and oxygen atoms in total. The van der Waals surface area contributed by atoms with Gasteiger partial charge < -0.3 is 15.7 Å². The van der Waals surface area contributed by atoms with Crippen molar-refractivity contribution in [2.24, 2.45) is 11.7 Å². The van der Waals surface area contributed by atoms with Crippen molar-refractivity contribution in [3.05, 3.63) is 71.3 Å². The highest BCUT2D eigenvalue weighted by molar-refractivity contribution is 7.89. The largest absolute Gasteiger partial charge is 0.481 e. The number of carbonyl (C=O) groups is 1. The van der Waals surface area contributed by atoms with Gasteiger partial charge in [-0.25, -0.2) is 13.1 Å². The Morgan fingerprint density at radius 1 is 1.10 bits per heavy atom. The molecule has 0 spiro atoms. The van der Waals surface area contributed by atoms with Crippen molar-refractivity contribution in [2.75, 3.05) is 6.16 Å². The Bertz CT molecular complexity index is 1040. The lowest BCUT2D eigenvalue weighted by Gasteiger charge is -2.29. The Kier molecular flexibility index (Phi) is 8.57. The predicted octanol–water partition coefficient (Wildman–Crippen LogP) is 2.69. The van der Waals surface area contributed by atoms with Crippen LogP contribution in [0, 0.1) is 5.92 Å². The number of aliphatic carboxylic acids is 1. The summed E-state index contributed by atoms with van der Waals surface area (Å²) >= 11 is 0. The van der Waals surface area contributed by atoms with Gasteiger partial charge in [-0.2, -0.15) is 0 Å². The van der Waals surface area contributed by atoms with Crippen LogP contribution in [-0.4, -0.2) is 36.3 Å². The molecular formula is C21H29N2O6PS. The Morgan fingerprint density at radius 3 is 2.26 bits per heavy atom. The van der Waals surface area contributed by atoms with Crippen LogP contribution in [0.4, 0.5) is 0 Å². The summed E-state index contributed by atoms with van der Waals surface area (Å²) in [6.45, 7) is 3.43. The molecule has 0 aromatic heterocycles. The number of carboxylic acids is 1. The maximum atomic E-state index is 13.3. The lowest BCUT2D eigenvalue weighted by molar-refractivity contribution is -0.138. The first-order valence-corrected chi connectivity index (χ1v) is 13.4. The number of hydrogen-bond donors (Lipinski definition) is 4. The third-order valence-corrected chi connectivity index (χ3v) is 8.88. The minimum absolute atomic E-state index is 0.199. The zero-order valence-electron chi connectivity index (χ0n) is 17.5. The van der Waals surface area contributed by atoms with Crippen molar-refractivity contribution in [3.8, 4) is 0 Å². The molecular weight excluding hydrogens is 439 g/mol. The van der Waals surface area contributed by atoms with Gasteiger partial charge in [-0.1, -0.05) is 68.4 Å². The maximum Gasteiger partial charge on any atom is 0.311 e. The highest BCUT2D eigenvalue weighted by Crippen LogP contribution is 2.51. The fourth-order valence-electron chi connectivity index (χ4n) is 3.34. The smallest absolute Gasteiger partial charge is 0.311 e. The molecule has 0 radical (unpaired) electrons. The van der Waals surface area contributed by atoms with Gasteiger partial charge in [0, 0.05) is 12.7 Å². The van der Waals surface area contributed by atoms with Gasteiger partial charge in [-0.05, 0) is 22.6 Å². The van der Waals surface area contributed by atoms with E-state index in [-0.39, 0.29) is 12.3 Å². The summed E-state index contributed by atoms with van der Waals surface area (Å²) in [4.78, 5) is 22.7. The van der Waals surface area contributed by atoms with Crippen molar-refractivity contribution in [1.82, 2.24) is 4.72 Å². The van der Waals surface area contributed by atoms with Crippen LogP contribution in [0.2, 0.25) is 0 Å². The van der Waals surface area contributed by atoms with Crippen LogP contribution in [0.25, 0.3) is 0 Å². The molecule has 2 aromatic carbocycles. The van der Waals surface area contributed by atoms with Gasteiger partial charge in [0.15, 0.2) is 0 Å². The summed E-state index contributed by atoms with van der Waals surface area (Å²) < 4.78 is 40.9. The molecule has 0 bridgehead atoms. The molecule has 0 aliphatic rings. The number of sulfonamides is 1. The van der Waals surface area contributed by atoms with Gasteiger partial charge in [0.2, 0.25) is 17.4 Å². The van der Waals surface area contributed by atoms with Gasteiger partial charge in [0.05, 0.1) is 11.7 Å². The van der Waals surface area contributed by atoms with Crippen molar-refractivity contribution in [1.29, 1.82) is 0 Å². The van der Waals surface area contributed by atoms with Crippen molar-refractivity contribution in [2.45, 2.75) is 37.8 Å². The minimum atomic E-state index is -4.26. The Labute approximate surface area is 183 Å². The third kappa shape index (κ3) is 7.26. The van der Waals surface area contributed by atoms with Gasteiger partial charge >= 0.3 is 5.97 Å². The van der Waals surface area contributed by atoms with Crippen molar-refractivity contribution >= 4 is 23.4 Å². The second-order valence-electron chi connectivity index (χ2n) is 7.83. The molecule has 170 valence electrons. The minimum Gasteiger partial charge on any atom is -0.481 e. The summed E-state index contributed by atoms with van der Waals surface area (Å²) in [7, 11) is -8.20. The molecule has 5 N–H and O–H groups in total. The van der Waals surface area contributed by atoms with E-state index in [1.54, 1.807) is 68.4 Å². The van der Waals surface area contributed by atoms with Crippen molar-refractivity contribution in [3.63, 3.8) is 0 Å². The SMILES string of the molecule is CC(C)C(NS(=O)(=O)Cc1ccccc1)P(=O)(O)CC(C(=O)O)c1cccc(CN)c1. The molecule has 0 heterocycles. The third-order valence-electron chi connectivity index (χ3n) is 4.90. The summed E-state index contributed by atoms with van der Waals surface area (Å²) in [6.07, 6.45) is -0.604. The Hall–Kier alpha value is -2.03. The van der Waals surface area contributed by atoms with Crippen LogP contribution in [0.5, 0.6) is 0 Å². The van der Waals surface area contributed by atoms with Gasteiger partial charge in [0.1, 0.15) is 5.78 Å². The summed E-state index contributed by atoms with van der Waals surface area (Å²) in [5.41, 5.74) is 7.19. The van der Waals surface area contributed by atoms with Crippen molar-refractivity contribution < 1.29 is 27.8 Å². The quantitative estimate of drug-likeness (QED) is 0.371. The highest BCUT2D eigenvalue weighted by Gasteiger charge is 2.40. The van der Waals surface area contributed by atoms with Gasteiger partial charge in [-0.15, -0.1) is 0 Å². The van der Waals surface area contributed by atoms with Crippen LogP contribution in [0.15, 0.2) is 54.6 Å². The fraction of sp³-hybridized carbons (Fsp3) is 0.381. The number of nitrogens with one attached hydrogen (secondary N) is 1. The molecule has 0 fully saturated rings. The molecule has 0 saturated carbocycles. The number of hydrogen-bond acceptors (Lipinski definition) is 5. The summed E-state index contributed by atoms with van der Waals surface area (Å²) in [5.74, 6) is -4.75. The predicted molar refractivity (Wildman–Crippen MR) is 120 cm³/mol. The average molecular weight is 469 g/mol. The van der Waals surface area contributed by atoms with E-state index in [0.717, 1.165) is 0 Å². The highest BCUT2D eigenvalue weighted by atomic mass is 32.2. The van der Waals surface area contributed by atoms with E-state index in [9.17, 15) is 27.8 Å². The lowest BCUT2D eigenvalue weighted by atomic mass is 9.99. The first-order chi connectivity index (χ1) is 14.4. The van der Waals surface area contributed by atoms with E-state index in [2.05, 4.69) is 4.72 Å². The van der Waals surface area contributed by atoms with Gasteiger partial charge in [-0.3, -0.25) is 9.36 Å². The van der Waals surface area contributed by atoms with E-state index < -0.39 is 47.1 Å². The first-order valence-electron chi connectivity index (χ1n) is 9.82. The molecule has 31 heavy (non-hydrogen) atoms. The molecule has 3 atom stereocenters. The molecule has 0 aliphatic carbocycles. The molecule has 10 heteroatoms. The Balaban J connectivity index is 2.29. The average Bonchev–Trinajstić information content (AvgIpc) is 2.70. The summed E-state index contributed by atoms with van der Waals surface area (Å²) in [5, 5.41) is 9.70. The normalized spacial score (nSPS) is 15.9. The zero-order chi connectivity index (χ0) is 23.2. The monoisotopic (exact) mass is 468 g/mol. The fourth-order valence-corrected chi connectivity index (χ4v) is 7.89. The molecule has 3 unspecified atom stereocenters. The van der Waals surface area contributed by atoms with Crippen LogP contribution >= 0.6 is 7.37 Å².